The fourth-order valence-corrected chi connectivity index (χ4v) is 6.16. The second-order valence-electron chi connectivity index (χ2n) is 8.97. The first-order chi connectivity index (χ1) is 15.6. The van der Waals surface area contributed by atoms with Crippen LogP contribution < -0.4 is 15.8 Å². The van der Waals surface area contributed by atoms with E-state index in [0.717, 1.165) is 5.56 Å². The van der Waals surface area contributed by atoms with Gasteiger partial charge >= 0.3 is 12.1 Å². The van der Waals surface area contributed by atoms with E-state index in [-0.39, 0.29) is 12.5 Å². The normalized spacial score (nSPS) is 13.0. The third kappa shape index (κ3) is 8.05. The molecule has 2 rings (SSSR count). The van der Waals surface area contributed by atoms with E-state index in [0.29, 0.717) is 6.04 Å². The fourth-order valence-electron chi connectivity index (χ4n) is 3.54. The predicted octanol–water partition coefficient (Wildman–Crippen LogP) is 3.21. The van der Waals surface area contributed by atoms with E-state index < -0.39 is 38.1 Å². The summed E-state index contributed by atoms with van der Waals surface area (Å²) in [5.41, 5.74) is 0.844. The van der Waals surface area contributed by atoms with Gasteiger partial charge in [-0.1, -0.05) is 92.8 Å². The van der Waals surface area contributed by atoms with Crippen LogP contribution in [0.3, 0.4) is 0 Å². The Morgan fingerprint density at radius 2 is 1.48 bits per heavy atom. The first-order valence-electron chi connectivity index (χ1n) is 11.0. The van der Waals surface area contributed by atoms with Crippen molar-refractivity contribution in [1.29, 1.82) is 0 Å². The molecule has 33 heavy (non-hydrogen) atoms. The molecule has 0 fully saturated rings. The van der Waals surface area contributed by atoms with E-state index in [4.69, 9.17) is 9.47 Å². The molecule has 0 radical (unpaired) electrons. The summed E-state index contributed by atoms with van der Waals surface area (Å²) in [5.74, 6) is -1.17. The topological polar surface area (TPSA) is 93.7 Å². The van der Waals surface area contributed by atoms with E-state index in [9.17, 15) is 14.4 Å². The molecule has 0 aliphatic carbocycles. The zero-order chi connectivity index (χ0) is 24.4. The number of methoxy groups -OCH3 is 1. The fraction of sp³-hybridized carbons (Fsp3) is 0.400. The third-order valence-electron chi connectivity index (χ3n) is 5.51. The Labute approximate surface area is 196 Å². The van der Waals surface area contributed by atoms with Crippen molar-refractivity contribution in [2.24, 2.45) is 5.92 Å². The summed E-state index contributed by atoms with van der Waals surface area (Å²) in [6.07, 6.45) is -0.693. The summed E-state index contributed by atoms with van der Waals surface area (Å²) in [5, 5.41) is 6.61. The average molecular weight is 471 g/mol. The number of rotatable bonds is 10. The molecule has 2 N–H and O–H groups in total. The van der Waals surface area contributed by atoms with Gasteiger partial charge in [0, 0.05) is 0 Å². The first-order valence-corrected chi connectivity index (χ1v) is 14.3. The number of amides is 2. The maximum atomic E-state index is 13.1. The SMILES string of the molecule is COC(=O)C(C[Si](C)(C)c1ccccc1)NC(=O)[C@@H](NC(=O)OCc1ccccc1)C(C)C. The lowest BCUT2D eigenvalue weighted by Crippen LogP contribution is -2.56. The molecule has 0 aliphatic rings. The number of benzene rings is 2. The van der Waals surface area contributed by atoms with Crippen molar-refractivity contribution in [3.8, 4) is 0 Å². The van der Waals surface area contributed by atoms with Gasteiger partial charge in [-0.05, 0) is 17.5 Å². The number of hydrogen-bond donors (Lipinski definition) is 2. The molecular weight excluding hydrogens is 436 g/mol. The molecule has 0 saturated carbocycles. The molecular formula is C25H34N2O5Si. The van der Waals surface area contributed by atoms with Crippen LogP contribution in [0, 0.1) is 5.92 Å². The number of hydrogen-bond acceptors (Lipinski definition) is 5. The highest BCUT2D eigenvalue weighted by Crippen LogP contribution is 2.15. The quantitative estimate of drug-likeness (QED) is 0.411. The van der Waals surface area contributed by atoms with Crippen molar-refractivity contribution in [3.63, 3.8) is 0 Å². The van der Waals surface area contributed by atoms with Crippen LogP contribution in [-0.4, -0.2) is 45.2 Å². The van der Waals surface area contributed by atoms with E-state index in [1.165, 1.54) is 12.3 Å². The lowest BCUT2D eigenvalue weighted by atomic mass is 10.0. The minimum absolute atomic E-state index is 0.0980. The van der Waals surface area contributed by atoms with Gasteiger partial charge in [-0.2, -0.15) is 0 Å². The smallest absolute Gasteiger partial charge is 0.408 e. The van der Waals surface area contributed by atoms with Crippen LogP contribution in [0.25, 0.3) is 0 Å². The summed E-state index contributed by atoms with van der Waals surface area (Å²) >= 11 is 0. The second-order valence-corrected chi connectivity index (χ2v) is 13.7. The molecule has 2 amide bonds. The van der Waals surface area contributed by atoms with Gasteiger partial charge in [0.2, 0.25) is 5.91 Å². The van der Waals surface area contributed by atoms with E-state index >= 15 is 0 Å². The van der Waals surface area contributed by atoms with Crippen molar-refractivity contribution in [1.82, 2.24) is 10.6 Å². The van der Waals surface area contributed by atoms with Crippen LogP contribution in [0.15, 0.2) is 60.7 Å². The Hall–Kier alpha value is -3.13. The Bertz CT molecular complexity index is 919. The molecule has 1 unspecified atom stereocenters. The minimum atomic E-state index is -2.06. The Kier molecular flexibility index (Phi) is 9.66. The lowest BCUT2D eigenvalue weighted by Gasteiger charge is -2.29. The van der Waals surface area contributed by atoms with E-state index in [1.54, 1.807) is 0 Å². The number of nitrogens with one attached hydrogen (secondary N) is 2. The first kappa shape index (κ1) is 26.1. The molecule has 2 aromatic carbocycles. The summed E-state index contributed by atoms with van der Waals surface area (Å²) < 4.78 is 10.2. The van der Waals surface area contributed by atoms with Crippen LogP contribution in [0.4, 0.5) is 4.79 Å². The maximum absolute atomic E-state index is 13.1. The van der Waals surface area contributed by atoms with Gasteiger partial charge in [0.1, 0.15) is 18.7 Å². The summed E-state index contributed by atoms with van der Waals surface area (Å²) in [6.45, 7) is 8.02. The number of carbonyl (C=O) groups excluding carboxylic acids is 3. The highest BCUT2D eigenvalue weighted by atomic mass is 28.3. The number of alkyl carbamates (subject to hydrolysis) is 1. The Morgan fingerprint density at radius 3 is 2.03 bits per heavy atom. The molecule has 0 heterocycles. The molecule has 0 bridgehead atoms. The highest BCUT2D eigenvalue weighted by molar-refractivity contribution is 6.90. The zero-order valence-corrected chi connectivity index (χ0v) is 21.0. The Morgan fingerprint density at radius 1 is 0.909 bits per heavy atom. The molecule has 2 aromatic rings. The van der Waals surface area contributed by atoms with Crippen molar-refractivity contribution >= 4 is 31.2 Å². The van der Waals surface area contributed by atoms with E-state index in [2.05, 4.69) is 23.7 Å². The third-order valence-corrected chi connectivity index (χ3v) is 8.83. The molecule has 0 aromatic heterocycles. The average Bonchev–Trinajstić information content (AvgIpc) is 2.81. The van der Waals surface area contributed by atoms with Crippen molar-refractivity contribution in [2.75, 3.05) is 7.11 Å². The highest BCUT2D eigenvalue weighted by Gasteiger charge is 2.35. The van der Waals surface area contributed by atoms with Crippen LogP contribution >= 0.6 is 0 Å². The molecule has 2 atom stereocenters. The van der Waals surface area contributed by atoms with Crippen LogP contribution in [0.5, 0.6) is 0 Å². The van der Waals surface area contributed by atoms with Gasteiger partial charge in [0.15, 0.2) is 0 Å². The summed E-state index contributed by atoms with van der Waals surface area (Å²) in [4.78, 5) is 37.9. The second kappa shape index (κ2) is 12.2. The largest absolute Gasteiger partial charge is 0.467 e. The van der Waals surface area contributed by atoms with Gasteiger partial charge in [0.25, 0.3) is 0 Å². The van der Waals surface area contributed by atoms with Crippen molar-refractivity contribution in [2.45, 2.75) is 51.7 Å². The van der Waals surface area contributed by atoms with Crippen molar-refractivity contribution < 1.29 is 23.9 Å². The maximum Gasteiger partial charge on any atom is 0.408 e. The van der Waals surface area contributed by atoms with Crippen molar-refractivity contribution in [3.05, 3.63) is 66.2 Å². The molecule has 0 aliphatic heterocycles. The summed E-state index contributed by atoms with van der Waals surface area (Å²) in [7, 11) is -0.757. The number of esters is 1. The van der Waals surface area contributed by atoms with E-state index in [1.807, 2.05) is 74.5 Å². The molecule has 7 nitrogen and oxygen atoms in total. The van der Waals surface area contributed by atoms with Crippen LogP contribution in [0.1, 0.15) is 19.4 Å². The Balaban J connectivity index is 2.06. The lowest BCUT2D eigenvalue weighted by molar-refractivity contribution is -0.144. The van der Waals surface area contributed by atoms with Gasteiger partial charge in [0.05, 0.1) is 15.2 Å². The van der Waals surface area contributed by atoms with Gasteiger partial charge < -0.3 is 20.1 Å². The van der Waals surface area contributed by atoms with Gasteiger partial charge in [-0.25, -0.2) is 9.59 Å². The predicted molar refractivity (Wildman–Crippen MR) is 131 cm³/mol. The van der Waals surface area contributed by atoms with Crippen LogP contribution in [0.2, 0.25) is 19.1 Å². The summed E-state index contributed by atoms with van der Waals surface area (Å²) in [6, 6.07) is 18.1. The molecule has 0 saturated heterocycles. The van der Waals surface area contributed by atoms with Crippen LogP contribution in [-0.2, 0) is 25.7 Å². The molecule has 0 spiro atoms. The standard InChI is InChI=1S/C25H34N2O5Si/c1-18(2)22(27-25(30)32-16-19-12-8-6-9-13-19)23(28)26-21(24(29)31-3)17-33(4,5)20-14-10-7-11-15-20/h6-15,18,21-22H,16-17H2,1-5H3,(H,26,28)(H,27,30)/t21?,22-/m0/s1. The number of ether oxygens (including phenoxy) is 2. The minimum Gasteiger partial charge on any atom is -0.467 e. The zero-order valence-electron chi connectivity index (χ0n) is 20.0. The monoisotopic (exact) mass is 470 g/mol. The number of carbonyl (C=O) groups is 3. The van der Waals surface area contributed by atoms with Gasteiger partial charge in [-0.15, -0.1) is 0 Å². The van der Waals surface area contributed by atoms with Gasteiger partial charge in [-0.3, -0.25) is 4.79 Å². The molecule has 8 heteroatoms. The molecule has 178 valence electrons.